The van der Waals surface area contributed by atoms with Gasteiger partial charge in [0.05, 0.1) is 24.3 Å². The topological polar surface area (TPSA) is 78.4 Å². The highest BCUT2D eigenvalue weighted by atomic mass is 79.9. The van der Waals surface area contributed by atoms with E-state index in [1.54, 1.807) is 38.1 Å². The van der Waals surface area contributed by atoms with Crippen LogP contribution in [0.25, 0.3) is 0 Å². The minimum absolute atomic E-state index is 0.135. The fraction of sp³-hybridized carbons (Fsp3) is 0.385. The van der Waals surface area contributed by atoms with Crippen molar-refractivity contribution < 1.29 is 14.7 Å². The lowest BCUT2D eigenvalue weighted by Gasteiger charge is -2.23. The smallest absolute Gasteiger partial charge is 0.252 e. The van der Waals surface area contributed by atoms with Crippen LogP contribution in [0.3, 0.4) is 0 Å². The van der Waals surface area contributed by atoms with E-state index in [9.17, 15) is 9.59 Å². The van der Waals surface area contributed by atoms with Crippen LogP contribution in [0.15, 0.2) is 28.7 Å². The van der Waals surface area contributed by atoms with Gasteiger partial charge in [0, 0.05) is 4.47 Å². The highest BCUT2D eigenvalue weighted by molar-refractivity contribution is 9.10. The Morgan fingerprint density at radius 1 is 1.32 bits per heavy atom. The summed E-state index contributed by atoms with van der Waals surface area (Å²) < 4.78 is 0.670. The summed E-state index contributed by atoms with van der Waals surface area (Å²) in [4.78, 5) is 23.4. The van der Waals surface area contributed by atoms with Gasteiger partial charge >= 0.3 is 0 Å². The number of benzene rings is 1. The zero-order chi connectivity index (χ0) is 14.5. The molecule has 0 spiro atoms. The average molecular weight is 329 g/mol. The van der Waals surface area contributed by atoms with Gasteiger partial charge in [-0.2, -0.15) is 0 Å². The van der Waals surface area contributed by atoms with Gasteiger partial charge in [0.25, 0.3) is 5.91 Å². The van der Waals surface area contributed by atoms with Gasteiger partial charge in [-0.25, -0.2) is 0 Å². The zero-order valence-electron chi connectivity index (χ0n) is 10.9. The number of carbonyl (C=O) groups is 2. The fourth-order valence-electron chi connectivity index (χ4n) is 1.36. The Labute approximate surface area is 120 Å². The molecule has 0 radical (unpaired) electrons. The molecule has 1 aromatic carbocycles. The van der Waals surface area contributed by atoms with Crippen LogP contribution in [0.2, 0.25) is 0 Å². The van der Waals surface area contributed by atoms with E-state index in [0.29, 0.717) is 10.0 Å². The molecule has 19 heavy (non-hydrogen) atoms. The van der Waals surface area contributed by atoms with Crippen LogP contribution < -0.4 is 10.6 Å². The second-order valence-corrected chi connectivity index (χ2v) is 5.61. The Bertz CT molecular complexity index is 475. The van der Waals surface area contributed by atoms with E-state index in [1.807, 2.05) is 0 Å². The summed E-state index contributed by atoms with van der Waals surface area (Å²) in [5.74, 6) is -0.677. The lowest BCUT2D eigenvalue weighted by atomic mass is 10.1. The Morgan fingerprint density at radius 3 is 2.53 bits per heavy atom. The van der Waals surface area contributed by atoms with E-state index >= 15 is 0 Å². The number of hydrogen-bond acceptors (Lipinski definition) is 3. The Morgan fingerprint density at radius 2 is 1.95 bits per heavy atom. The molecule has 0 bridgehead atoms. The molecule has 0 saturated heterocycles. The predicted molar refractivity (Wildman–Crippen MR) is 75.8 cm³/mol. The van der Waals surface area contributed by atoms with Gasteiger partial charge in [-0.3, -0.25) is 9.59 Å². The van der Waals surface area contributed by atoms with E-state index in [-0.39, 0.29) is 25.0 Å². The fourth-order valence-corrected chi connectivity index (χ4v) is 1.83. The molecule has 0 saturated carbocycles. The Kier molecular flexibility index (Phi) is 5.50. The van der Waals surface area contributed by atoms with Gasteiger partial charge < -0.3 is 15.7 Å². The molecular weight excluding hydrogens is 312 g/mol. The summed E-state index contributed by atoms with van der Waals surface area (Å²) in [5, 5.41) is 14.2. The van der Waals surface area contributed by atoms with Crippen LogP contribution in [0.5, 0.6) is 0 Å². The highest BCUT2D eigenvalue weighted by Gasteiger charge is 2.19. The number of carbonyl (C=O) groups excluding carboxylic acids is 2. The summed E-state index contributed by atoms with van der Waals surface area (Å²) in [6.07, 6.45) is 0. The summed E-state index contributed by atoms with van der Waals surface area (Å²) in [6, 6.07) is 6.96. The molecule has 5 nitrogen and oxygen atoms in total. The molecular formula is C13H17BrN2O3. The van der Waals surface area contributed by atoms with Gasteiger partial charge in [-0.15, -0.1) is 0 Å². The number of aliphatic hydroxyl groups is 1. The monoisotopic (exact) mass is 328 g/mol. The number of aliphatic hydroxyl groups excluding tert-OH is 1. The van der Waals surface area contributed by atoms with Crippen LogP contribution in [-0.2, 0) is 4.79 Å². The number of amides is 2. The van der Waals surface area contributed by atoms with Crippen LogP contribution in [0.4, 0.5) is 0 Å². The molecule has 0 atom stereocenters. The lowest BCUT2D eigenvalue weighted by molar-refractivity contribution is -0.122. The molecule has 6 heteroatoms. The standard InChI is InChI=1S/C13H17BrN2O3/c1-13(2,8-17)16-11(18)7-15-12(19)9-5-3-4-6-10(9)14/h3-6,17H,7-8H2,1-2H3,(H,15,19)(H,16,18). The summed E-state index contributed by atoms with van der Waals surface area (Å²) in [6.45, 7) is 3.08. The third-order valence-electron chi connectivity index (χ3n) is 2.40. The molecule has 0 aliphatic carbocycles. The van der Waals surface area contributed by atoms with Crippen molar-refractivity contribution in [1.82, 2.24) is 10.6 Å². The van der Waals surface area contributed by atoms with Crippen molar-refractivity contribution >= 4 is 27.7 Å². The molecule has 0 unspecified atom stereocenters. The minimum Gasteiger partial charge on any atom is -0.394 e. The SMILES string of the molecule is CC(C)(CO)NC(=O)CNC(=O)c1ccccc1Br. The summed E-state index contributed by atoms with van der Waals surface area (Å²) >= 11 is 3.27. The first-order chi connectivity index (χ1) is 8.85. The van der Waals surface area contributed by atoms with Crippen molar-refractivity contribution in [2.24, 2.45) is 0 Å². The molecule has 0 aliphatic rings. The van der Waals surface area contributed by atoms with Crippen molar-refractivity contribution in [2.75, 3.05) is 13.2 Å². The van der Waals surface area contributed by atoms with E-state index < -0.39 is 5.54 Å². The molecule has 0 aliphatic heterocycles. The van der Waals surface area contributed by atoms with Gasteiger partial charge in [0.15, 0.2) is 0 Å². The van der Waals surface area contributed by atoms with Crippen molar-refractivity contribution in [3.8, 4) is 0 Å². The van der Waals surface area contributed by atoms with Crippen molar-refractivity contribution in [3.05, 3.63) is 34.3 Å². The second kappa shape index (κ2) is 6.68. The Balaban J connectivity index is 2.52. The predicted octanol–water partition coefficient (Wildman–Crippen LogP) is 1.07. The summed E-state index contributed by atoms with van der Waals surface area (Å²) in [5.41, 5.74) is -0.230. The number of rotatable bonds is 5. The maximum atomic E-state index is 11.8. The minimum atomic E-state index is -0.699. The van der Waals surface area contributed by atoms with E-state index in [2.05, 4.69) is 26.6 Å². The first-order valence-corrected chi connectivity index (χ1v) is 6.59. The molecule has 0 fully saturated rings. The average Bonchev–Trinajstić information content (AvgIpc) is 2.36. The van der Waals surface area contributed by atoms with Gasteiger partial charge in [0.2, 0.25) is 5.91 Å². The molecule has 1 rings (SSSR count). The quantitative estimate of drug-likeness (QED) is 0.756. The maximum Gasteiger partial charge on any atom is 0.252 e. The molecule has 1 aromatic rings. The zero-order valence-corrected chi connectivity index (χ0v) is 12.5. The molecule has 0 aromatic heterocycles. The van der Waals surface area contributed by atoms with Crippen molar-refractivity contribution in [2.45, 2.75) is 19.4 Å². The van der Waals surface area contributed by atoms with Crippen LogP contribution >= 0.6 is 15.9 Å². The first kappa shape index (κ1) is 15.7. The largest absolute Gasteiger partial charge is 0.394 e. The van der Waals surface area contributed by atoms with Gasteiger partial charge in [-0.05, 0) is 41.9 Å². The first-order valence-electron chi connectivity index (χ1n) is 5.80. The Hall–Kier alpha value is -1.40. The van der Waals surface area contributed by atoms with Crippen LogP contribution in [-0.4, -0.2) is 35.6 Å². The molecule has 104 valence electrons. The van der Waals surface area contributed by atoms with Crippen molar-refractivity contribution in [3.63, 3.8) is 0 Å². The van der Waals surface area contributed by atoms with E-state index in [0.717, 1.165) is 0 Å². The lowest BCUT2D eigenvalue weighted by Crippen LogP contribution is -2.49. The van der Waals surface area contributed by atoms with Gasteiger partial charge in [0.1, 0.15) is 0 Å². The number of halogens is 1. The molecule has 2 amide bonds. The normalized spacial score (nSPS) is 10.9. The summed E-state index contributed by atoms with van der Waals surface area (Å²) in [7, 11) is 0. The van der Waals surface area contributed by atoms with E-state index in [1.165, 1.54) is 0 Å². The van der Waals surface area contributed by atoms with Gasteiger partial charge in [-0.1, -0.05) is 12.1 Å². The third kappa shape index (κ3) is 5.00. The van der Waals surface area contributed by atoms with Crippen LogP contribution in [0, 0.1) is 0 Å². The highest BCUT2D eigenvalue weighted by Crippen LogP contribution is 2.15. The second-order valence-electron chi connectivity index (χ2n) is 4.75. The molecule has 0 heterocycles. The van der Waals surface area contributed by atoms with Crippen LogP contribution in [0.1, 0.15) is 24.2 Å². The third-order valence-corrected chi connectivity index (χ3v) is 3.09. The number of nitrogens with one attached hydrogen (secondary N) is 2. The molecule has 3 N–H and O–H groups in total. The van der Waals surface area contributed by atoms with Crippen molar-refractivity contribution in [1.29, 1.82) is 0 Å². The maximum absolute atomic E-state index is 11.8. The van der Waals surface area contributed by atoms with E-state index in [4.69, 9.17) is 5.11 Å². The number of hydrogen-bond donors (Lipinski definition) is 3.